The zero-order valence-electron chi connectivity index (χ0n) is 41.5. The molecule has 2 aliphatic rings. The molecule has 3 unspecified atom stereocenters. The van der Waals surface area contributed by atoms with Crippen LogP contribution in [0.1, 0.15) is 159 Å². The highest BCUT2D eigenvalue weighted by Crippen LogP contribution is 2.49. The molecule has 6 aromatic rings. The van der Waals surface area contributed by atoms with Crippen LogP contribution in [0.3, 0.4) is 0 Å². The summed E-state index contributed by atoms with van der Waals surface area (Å²) in [4.78, 5) is 13.8. The van der Waals surface area contributed by atoms with Crippen LogP contribution in [-0.4, -0.2) is 28.2 Å². The van der Waals surface area contributed by atoms with E-state index in [2.05, 4.69) is 75.4 Å². The van der Waals surface area contributed by atoms with Gasteiger partial charge in [-0.1, -0.05) is 201 Å². The molecule has 2 aliphatic carbocycles. The van der Waals surface area contributed by atoms with E-state index in [0.717, 1.165) is 33.5 Å². The van der Waals surface area contributed by atoms with E-state index in [1.807, 2.05) is 127 Å². The van der Waals surface area contributed by atoms with E-state index in [9.17, 15) is 20.1 Å². The lowest BCUT2D eigenvalue weighted by Crippen LogP contribution is -2.22. The Hall–Kier alpha value is -6.31. The second kappa shape index (κ2) is 29.3. The number of hydrogen-bond donors (Lipinski definition) is 5. The summed E-state index contributed by atoms with van der Waals surface area (Å²) in [7, 11) is 1.80. The molecule has 5 N–H and O–H groups in total. The molecule has 3 atom stereocenters. The normalized spacial score (nSPS) is 14.2. The average Bonchev–Trinajstić information content (AvgIpc) is 3.35. The molecule has 8 rings (SSSR count). The van der Waals surface area contributed by atoms with Crippen molar-refractivity contribution in [3.8, 4) is 0 Å². The number of hydrogen-bond acceptors (Lipinski definition) is 6. The van der Waals surface area contributed by atoms with Crippen LogP contribution in [0.15, 0.2) is 165 Å². The summed E-state index contributed by atoms with van der Waals surface area (Å²) in [6, 6.07) is 40.7. The summed E-state index contributed by atoms with van der Waals surface area (Å²) >= 11 is 0. The van der Waals surface area contributed by atoms with Crippen LogP contribution in [0, 0.1) is 6.92 Å². The summed E-state index contributed by atoms with van der Waals surface area (Å²) in [5, 5.41) is 41.9. The Labute approximate surface area is 397 Å². The molecule has 66 heavy (non-hydrogen) atoms. The van der Waals surface area contributed by atoms with E-state index in [1.165, 1.54) is 12.0 Å². The van der Waals surface area contributed by atoms with E-state index in [-0.39, 0.29) is 5.78 Å². The first-order chi connectivity index (χ1) is 32.0. The van der Waals surface area contributed by atoms with Crippen molar-refractivity contribution in [1.82, 2.24) is 0 Å². The maximum absolute atomic E-state index is 13.8. The standard InChI is InChI=1S/C41H36N2O4.C7H8.C3H8.C3H6.3C2H6/c1-4-23(2)20-25-12-8-14-29-34(25)39(45)28-17-16-27(22-32(28)38(29)44)43-37-33(42-3)19-18-31-36(37)41(47)30-15-9-13-26(35(30)40(31)46)21-24-10-6-5-7-11-24;1-7-5-3-2-4-6-7;2*1-3-2;3*1-2/h4-19,22,38,40-44,46-47H,1-2,20-21H2,3H3;2-6H,1H3;3H2,1-2H3;3H,1H2,2H3;3*1-2H3. The minimum Gasteiger partial charge on any atom is -0.386 e. The smallest absolute Gasteiger partial charge is 0.194 e. The number of anilines is 3. The Bertz CT molecular complexity index is 2440. The number of carbonyl (C=O) groups excluding carboxylic acids is 1. The first kappa shape index (κ1) is 55.8. The van der Waals surface area contributed by atoms with Crippen molar-refractivity contribution < 1.29 is 20.1 Å². The average molecular weight is 889 g/mol. The van der Waals surface area contributed by atoms with Gasteiger partial charge in [-0.15, -0.1) is 6.58 Å². The maximum atomic E-state index is 13.8. The molecule has 0 radical (unpaired) electrons. The molecule has 0 aromatic heterocycles. The second-order valence-corrected chi connectivity index (χ2v) is 15.0. The van der Waals surface area contributed by atoms with Gasteiger partial charge in [0.15, 0.2) is 5.78 Å². The first-order valence-electron chi connectivity index (χ1n) is 23.5. The SMILES string of the molecule is C=CC.C=CC(=C)Cc1cccc2c1C(=O)c1ccc(Nc3c(NC)ccc4c3C(O)c3cccc(Cc5ccccc5)c3C4O)cc1C2O.CC.CC.CC.CCC.Cc1ccccc1. The summed E-state index contributed by atoms with van der Waals surface area (Å²) < 4.78 is 0. The van der Waals surface area contributed by atoms with Gasteiger partial charge < -0.3 is 26.0 Å². The predicted octanol–water partition coefficient (Wildman–Crippen LogP) is 15.1. The summed E-state index contributed by atoms with van der Waals surface area (Å²) in [6.45, 7) is 31.4. The van der Waals surface area contributed by atoms with Gasteiger partial charge in [-0.3, -0.25) is 4.79 Å². The third-order valence-electron chi connectivity index (χ3n) is 10.4. The van der Waals surface area contributed by atoms with Crippen molar-refractivity contribution in [3.05, 3.63) is 232 Å². The van der Waals surface area contributed by atoms with Gasteiger partial charge >= 0.3 is 0 Å². The highest BCUT2D eigenvalue weighted by Gasteiger charge is 2.36. The molecular weight excluding hydrogens is 813 g/mol. The van der Waals surface area contributed by atoms with Crippen LogP contribution in [0.25, 0.3) is 0 Å². The lowest BCUT2D eigenvalue weighted by Gasteiger charge is -2.33. The number of carbonyl (C=O) groups is 1. The van der Waals surface area contributed by atoms with E-state index in [1.54, 1.807) is 43.5 Å². The second-order valence-electron chi connectivity index (χ2n) is 15.0. The molecule has 0 heterocycles. The number of aliphatic hydroxyl groups is 3. The van der Waals surface area contributed by atoms with Crippen LogP contribution >= 0.6 is 0 Å². The number of fused-ring (bicyclic) bond motifs is 4. The molecule has 0 saturated heterocycles. The molecule has 6 aromatic carbocycles. The molecule has 0 bridgehead atoms. The fraction of sp³-hybridized carbons (Fsp3) is 0.283. The number of nitrogens with one attached hydrogen (secondary N) is 2. The van der Waals surface area contributed by atoms with Gasteiger partial charge in [0.2, 0.25) is 0 Å². The number of benzene rings is 6. The fourth-order valence-corrected chi connectivity index (χ4v) is 7.64. The Morgan fingerprint density at radius 1 is 0.652 bits per heavy atom. The molecular formula is C60H76N2O4. The Kier molecular flexibility index (Phi) is 24.8. The molecule has 0 aliphatic heterocycles. The van der Waals surface area contributed by atoms with Crippen molar-refractivity contribution in [2.24, 2.45) is 0 Å². The minimum absolute atomic E-state index is 0.145. The molecule has 6 heteroatoms. The zero-order valence-corrected chi connectivity index (χ0v) is 41.5. The number of ketones is 1. The lowest BCUT2D eigenvalue weighted by atomic mass is 9.78. The summed E-state index contributed by atoms with van der Waals surface area (Å²) in [5.41, 5.74) is 11.5. The van der Waals surface area contributed by atoms with Crippen molar-refractivity contribution in [2.75, 3.05) is 17.7 Å². The predicted molar refractivity (Wildman–Crippen MR) is 284 cm³/mol. The van der Waals surface area contributed by atoms with E-state index >= 15 is 0 Å². The highest BCUT2D eigenvalue weighted by atomic mass is 16.3. The van der Waals surface area contributed by atoms with Crippen LogP contribution in [0.4, 0.5) is 17.1 Å². The molecule has 6 nitrogen and oxygen atoms in total. The van der Waals surface area contributed by atoms with E-state index in [0.29, 0.717) is 63.2 Å². The van der Waals surface area contributed by atoms with Crippen molar-refractivity contribution >= 4 is 22.8 Å². The third kappa shape index (κ3) is 13.9. The van der Waals surface area contributed by atoms with Crippen LogP contribution in [-0.2, 0) is 12.8 Å². The zero-order chi connectivity index (χ0) is 49.3. The van der Waals surface area contributed by atoms with Gasteiger partial charge in [0.1, 0.15) is 18.3 Å². The quantitative estimate of drug-likeness (QED) is 0.0771. The molecule has 0 saturated carbocycles. The topological polar surface area (TPSA) is 102 Å². The van der Waals surface area contributed by atoms with Gasteiger partial charge in [0.25, 0.3) is 0 Å². The lowest BCUT2D eigenvalue weighted by molar-refractivity contribution is 0.101. The minimum atomic E-state index is -1.01. The Balaban J connectivity index is 0.000000674. The van der Waals surface area contributed by atoms with Gasteiger partial charge in [-0.2, -0.15) is 0 Å². The van der Waals surface area contributed by atoms with Crippen LogP contribution < -0.4 is 10.6 Å². The molecule has 0 fully saturated rings. The van der Waals surface area contributed by atoms with Gasteiger partial charge in [0.05, 0.1) is 11.4 Å². The van der Waals surface area contributed by atoms with Gasteiger partial charge in [-0.05, 0) is 95.5 Å². The summed E-state index contributed by atoms with van der Waals surface area (Å²) in [6.07, 6.45) is 2.82. The number of aliphatic hydroxyl groups excluding tert-OH is 3. The third-order valence-corrected chi connectivity index (χ3v) is 10.4. The van der Waals surface area contributed by atoms with E-state index in [4.69, 9.17) is 0 Å². The Morgan fingerprint density at radius 3 is 1.73 bits per heavy atom. The fourth-order valence-electron chi connectivity index (χ4n) is 7.64. The van der Waals surface area contributed by atoms with Crippen molar-refractivity contribution in [3.63, 3.8) is 0 Å². The van der Waals surface area contributed by atoms with Gasteiger partial charge in [-0.25, -0.2) is 0 Å². The largest absolute Gasteiger partial charge is 0.386 e. The van der Waals surface area contributed by atoms with Crippen LogP contribution in [0.2, 0.25) is 0 Å². The summed E-state index contributed by atoms with van der Waals surface area (Å²) in [5.74, 6) is -0.145. The monoisotopic (exact) mass is 889 g/mol. The molecule has 350 valence electrons. The molecule has 0 amide bonds. The first-order valence-corrected chi connectivity index (χ1v) is 23.5. The van der Waals surface area contributed by atoms with Gasteiger partial charge in [0, 0.05) is 29.4 Å². The number of allylic oxidation sites excluding steroid dienone is 3. The Morgan fingerprint density at radius 2 is 1.18 bits per heavy atom. The number of aryl methyl sites for hydroxylation is 1. The van der Waals surface area contributed by atoms with Crippen molar-refractivity contribution in [1.29, 1.82) is 0 Å². The maximum Gasteiger partial charge on any atom is 0.194 e. The van der Waals surface area contributed by atoms with Crippen LogP contribution in [0.5, 0.6) is 0 Å². The van der Waals surface area contributed by atoms with Crippen molar-refractivity contribution in [2.45, 2.75) is 107 Å². The molecule has 0 spiro atoms. The highest BCUT2D eigenvalue weighted by molar-refractivity contribution is 6.14. The van der Waals surface area contributed by atoms with E-state index < -0.39 is 18.3 Å². The number of rotatable bonds is 8.